The fourth-order valence-electron chi connectivity index (χ4n) is 1.94. The Balaban J connectivity index is 2.15. The number of benzene rings is 1. The summed E-state index contributed by atoms with van der Waals surface area (Å²) in [6.45, 7) is 0. The zero-order valence-electron chi connectivity index (χ0n) is 11.2. The van der Waals surface area contributed by atoms with Crippen LogP contribution in [-0.4, -0.2) is 20.0 Å². The number of aromatic nitrogens is 5. The van der Waals surface area contributed by atoms with Gasteiger partial charge in [-0.3, -0.25) is 0 Å². The van der Waals surface area contributed by atoms with Crippen LogP contribution in [0.4, 0.5) is 13.2 Å². The molecule has 0 aliphatic rings. The summed E-state index contributed by atoms with van der Waals surface area (Å²) in [6.07, 6.45) is -0.216. The highest BCUT2D eigenvalue weighted by atomic mass is 35.5. The monoisotopic (exact) mass is 341 g/mol. The number of nitrogens with zero attached hydrogens (tertiary/aromatic N) is 5. The van der Waals surface area contributed by atoms with Crippen molar-refractivity contribution in [2.24, 2.45) is 0 Å². The van der Waals surface area contributed by atoms with Crippen LogP contribution in [0.25, 0.3) is 16.9 Å². The van der Waals surface area contributed by atoms with E-state index in [1.165, 1.54) is 36.8 Å². The Morgan fingerprint density at radius 3 is 2.70 bits per heavy atom. The SMILES string of the molecule is [O-][n+]1ccnc(-c2cc(Cl)ccc2-n2cc(C(F)(F)F)nn2)c1. The van der Waals surface area contributed by atoms with E-state index in [-0.39, 0.29) is 11.4 Å². The van der Waals surface area contributed by atoms with Crippen molar-refractivity contribution in [1.82, 2.24) is 20.0 Å². The molecule has 0 aliphatic heterocycles. The Hall–Kier alpha value is -2.68. The fourth-order valence-corrected chi connectivity index (χ4v) is 2.11. The molecular formula is C13H7ClF3N5O. The summed E-state index contributed by atoms with van der Waals surface area (Å²) in [4.78, 5) is 4.03. The van der Waals surface area contributed by atoms with Crippen LogP contribution >= 0.6 is 11.6 Å². The topological polar surface area (TPSA) is 70.5 Å². The van der Waals surface area contributed by atoms with Gasteiger partial charge in [-0.15, -0.1) is 5.10 Å². The number of halogens is 4. The maximum absolute atomic E-state index is 12.7. The Labute approximate surface area is 132 Å². The molecule has 0 aliphatic carbocycles. The van der Waals surface area contributed by atoms with Gasteiger partial charge in [0.1, 0.15) is 5.69 Å². The average molecular weight is 342 g/mol. The van der Waals surface area contributed by atoms with Gasteiger partial charge < -0.3 is 5.21 Å². The summed E-state index contributed by atoms with van der Waals surface area (Å²) >= 11 is 5.93. The summed E-state index contributed by atoms with van der Waals surface area (Å²) < 4.78 is 39.5. The van der Waals surface area contributed by atoms with E-state index in [4.69, 9.17) is 11.6 Å². The van der Waals surface area contributed by atoms with Crippen molar-refractivity contribution in [3.8, 4) is 16.9 Å². The Morgan fingerprint density at radius 1 is 1.26 bits per heavy atom. The molecule has 0 unspecified atom stereocenters. The molecule has 0 atom stereocenters. The van der Waals surface area contributed by atoms with Crippen LogP contribution in [0.15, 0.2) is 43.0 Å². The van der Waals surface area contributed by atoms with Gasteiger partial charge in [0.25, 0.3) is 0 Å². The van der Waals surface area contributed by atoms with Gasteiger partial charge in [-0.2, -0.15) is 17.9 Å². The van der Waals surface area contributed by atoms with Gasteiger partial charge in [0, 0.05) is 10.6 Å². The van der Waals surface area contributed by atoms with Gasteiger partial charge in [0.2, 0.25) is 6.20 Å². The molecule has 2 heterocycles. The first-order valence-corrected chi connectivity index (χ1v) is 6.57. The highest BCUT2D eigenvalue weighted by molar-refractivity contribution is 6.31. The Kier molecular flexibility index (Phi) is 3.64. The Morgan fingerprint density at radius 2 is 2.04 bits per heavy atom. The molecule has 0 spiro atoms. The predicted molar refractivity (Wildman–Crippen MR) is 73.6 cm³/mol. The summed E-state index contributed by atoms with van der Waals surface area (Å²) in [5.74, 6) is 0. The first kappa shape index (κ1) is 15.2. The van der Waals surface area contributed by atoms with Crippen LogP contribution < -0.4 is 4.73 Å². The van der Waals surface area contributed by atoms with Crippen LogP contribution in [0.3, 0.4) is 0 Å². The molecule has 0 amide bonds. The number of hydrogen-bond donors (Lipinski definition) is 0. The highest BCUT2D eigenvalue weighted by Gasteiger charge is 2.34. The molecule has 6 nitrogen and oxygen atoms in total. The molecule has 0 N–H and O–H groups in total. The normalized spacial score (nSPS) is 11.7. The zero-order valence-corrected chi connectivity index (χ0v) is 12.0. The first-order valence-electron chi connectivity index (χ1n) is 6.19. The van der Waals surface area contributed by atoms with Crippen molar-refractivity contribution in [3.63, 3.8) is 0 Å². The van der Waals surface area contributed by atoms with E-state index in [1.807, 2.05) is 0 Å². The van der Waals surface area contributed by atoms with E-state index in [0.717, 1.165) is 10.9 Å². The van der Waals surface area contributed by atoms with E-state index in [1.54, 1.807) is 0 Å². The maximum atomic E-state index is 12.7. The second-order valence-corrected chi connectivity index (χ2v) is 4.95. The molecule has 10 heteroatoms. The lowest BCUT2D eigenvalue weighted by molar-refractivity contribution is -0.605. The second kappa shape index (κ2) is 5.51. The van der Waals surface area contributed by atoms with Crippen LogP contribution in [0, 0.1) is 5.21 Å². The van der Waals surface area contributed by atoms with Crippen molar-refractivity contribution < 1.29 is 17.9 Å². The molecule has 3 aromatic rings. The van der Waals surface area contributed by atoms with Crippen LogP contribution in [0.2, 0.25) is 5.02 Å². The molecule has 0 radical (unpaired) electrons. The molecule has 2 aromatic heterocycles. The zero-order chi connectivity index (χ0) is 16.6. The van der Waals surface area contributed by atoms with E-state index >= 15 is 0 Å². The van der Waals surface area contributed by atoms with Crippen LogP contribution in [0.1, 0.15) is 5.69 Å². The van der Waals surface area contributed by atoms with Crippen molar-refractivity contribution in [2.45, 2.75) is 6.18 Å². The average Bonchev–Trinajstić information content (AvgIpc) is 2.97. The highest BCUT2D eigenvalue weighted by Crippen LogP contribution is 2.30. The molecule has 0 saturated heterocycles. The fraction of sp³-hybridized carbons (Fsp3) is 0.0769. The minimum absolute atomic E-state index is 0.240. The number of rotatable bonds is 2. The molecule has 0 fully saturated rings. The summed E-state index contributed by atoms with van der Waals surface area (Å²) in [6, 6.07) is 4.44. The van der Waals surface area contributed by atoms with Gasteiger partial charge in [-0.25, -0.2) is 9.67 Å². The largest absolute Gasteiger partial charge is 0.619 e. The minimum Gasteiger partial charge on any atom is -0.619 e. The molecule has 0 saturated carbocycles. The molecule has 1 aromatic carbocycles. The lowest BCUT2D eigenvalue weighted by atomic mass is 10.1. The summed E-state index contributed by atoms with van der Waals surface area (Å²) in [5, 5.41) is 18.3. The number of alkyl halides is 3. The third-order valence-electron chi connectivity index (χ3n) is 2.94. The minimum atomic E-state index is -4.60. The van der Waals surface area contributed by atoms with Gasteiger partial charge in [-0.1, -0.05) is 16.8 Å². The standard InChI is InChI=1S/C13H7ClF3N5O/c14-8-1-2-11(22-7-12(19-20-22)13(15,16)17)9(5-8)10-6-21(23)4-3-18-10/h1-7H. The van der Waals surface area contributed by atoms with E-state index in [0.29, 0.717) is 15.3 Å². The van der Waals surface area contributed by atoms with Crippen molar-refractivity contribution in [2.75, 3.05) is 0 Å². The van der Waals surface area contributed by atoms with Gasteiger partial charge >= 0.3 is 6.18 Å². The van der Waals surface area contributed by atoms with Crippen molar-refractivity contribution >= 4 is 11.6 Å². The lowest BCUT2D eigenvalue weighted by Crippen LogP contribution is -2.24. The summed E-state index contributed by atoms with van der Waals surface area (Å²) in [5.41, 5.74) is -0.278. The molecule has 23 heavy (non-hydrogen) atoms. The quantitative estimate of drug-likeness (QED) is 0.530. The lowest BCUT2D eigenvalue weighted by Gasteiger charge is -2.08. The van der Waals surface area contributed by atoms with E-state index < -0.39 is 11.9 Å². The second-order valence-electron chi connectivity index (χ2n) is 4.51. The van der Waals surface area contributed by atoms with E-state index in [9.17, 15) is 18.4 Å². The maximum Gasteiger partial charge on any atom is 0.436 e. The first-order chi connectivity index (χ1) is 10.8. The van der Waals surface area contributed by atoms with Gasteiger partial charge in [-0.05, 0) is 18.2 Å². The molecule has 3 rings (SSSR count). The predicted octanol–water partition coefficient (Wildman–Crippen LogP) is 2.63. The van der Waals surface area contributed by atoms with E-state index in [2.05, 4.69) is 15.3 Å². The molecule has 0 bridgehead atoms. The summed E-state index contributed by atoms with van der Waals surface area (Å²) in [7, 11) is 0. The van der Waals surface area contributed by atoms with Gasteiger partial charge in [0.05, 0.1) is 18.1 Å². The smallest absolute Gasteiger partial charge is 0.436 e. The third-order valence-corrected chi connectivity index (χ3v) is 3.18. The molecule has 118 valence electrons. The molecular weight excluding hydrogens is 335 g/mol. The van der Waals surface area contributed by atoms with Crippen LogP contribution in [0.5, 0.6) is 0 Å². The third kappa shape index (κ3) is 3.09. The van der Waals surface area contributed by atoms with Crippen molar-refractivity contribution in [1.29, 1.82) is 0 Å². The van der Waals surface area contributed by atoms with Gasteiger partial charge in [0.15, 0.2) is 11.9 Å². The number of hydrogen-bond acceptors (Lipinski definition) is 4. The Bertz CT molecular complexity index is 865. The van der Waals surface area contributed by atoms with Crippen LogP contribution in [-0.2, 0) is 6.18 Å². The van der Waals surface area contributed by atoms with Crippen molar-refractivity contribution in [3.05, 3.63) is 58.9 Å².